The number of rotatable bonds is 15. The summed E-state index contributed by atoms with van der Waals surface area (Å²) >= 11 is -3.83. The monoisotopic (exact) mass is 458 g/mol. The van der Waals surface area contributed by atoms with E-state index in [0.717, 1.165) is 11.5 Å². The van der Waals surface area contributed by atoms with Gasteiger partial charge in [-0.25, -0.2) is 8.42 Å². The van der Waals surface area contributed by atoms with Crippen molar-refractivity contribution in [2.24, 2.45) is 22.9 Å². The Kier molecular flexibility index (Phi) is 16.5. The van der Waals surface area contributed by atoms with Crippen LogP contribution in [-0.2, 0) is 22.2 Å². The Morgan fingerprint density at radius 3 is 1.29 bits per heavy atom. The van der Waals surface area contributed by atoms with Crippen LogP contribution < -0.4 is 22.9 Å². The minimum atomic E-state index is -1.92. The second-order valence-electron chi connectivity index (χ2n) is 4.84. The quantitative estimate of drug-likeness (QED) is 0.105. The van der Waals surface area contributed by atoms with Gasteiger partial charge in [0.25, 0.3) is 0 Å². The third-order valence-corrected chi connectivity index (χ3v) is 9.24. The third kappa shape index (κ3) is 14.6. The van der Waals surface area contributed by atoms with Gasteiger partial charge in [-0.3, -0.25) is 0 Å². The predicted molar refractivity (Wildman–Crippen MR) is 113 cm³/mol. The molecule has 0 heterocycles. The molecule has 0 aliphatic heterocycles. The van der Waals surface area contributed by atoms with Crippen molar-refractivity contribution < 1.29 is 17.5 Å². The Morgan fingerprint density at radius 2 is 1.00 bits per heavy atom. The van der Waals surface area contributed by atoms with E-state index < -0.39 is 34.2 Å². The first-order chi connectivity index (χ1) is 11.2. The van der Waals surface area contributed by atoms with Crippen molar-refractivity contribution in [2.45, 2.75) is 24.2 Å². The van der Waals surface area contributed by atoms with Crippen molar-refractivity contribution in [2.75, 3.05) is 34.5 Å². The highest BCUT2D eigenvalue weighted by atomic mass is 33.1. The van der Waals surface area contributed by atoms with Crippen LogP contribution in [0.1, 0.15) is 0 Å². The minimum Gasteiger partial charge on any atom is -0.326 e. The molecule has 14 heteroatoms. The summed E-state index contributed by atoms with van der Waals surface area (Å²) in [5, 5.41) is 0. The maximum absolute atomic E-state index is 10.6. The van der Waals surface area contributed by atoms with Crippen LogP contribution in [0.25, 0.3) is 0 Å². The topological polar surface area (TPSA) is 179 Å². The van der Waals surface area contributed by atoms with E-state index in [4.69, 9.17) is 32.0 Å². The Morgan fingerprint density at radius 1 is 0.667 bits per heavy atom. The lowest BCUT2D eigenvalue weighted by Gasteiger charge is -2.18. The fourth-order valence-electron chi connectivity index (χ4n) is 1.26. The van der Waals surface area contributed by atoms with Crippen LogP contribution in [-0.4, -0.2) is 76.2 Å². The first kappa shape index (κ1) is 25.5. The van der Waals surface area contributed by atoms with Crippen LogP contribution in [0.4, 0.5) is 0 Å². The van der Waals surface area contributed by atoms with Crippen LogP contribution in [0.3, 0.4) is 0 Å². The van der Waals surface area contributed by atoms with E-state index in [1.54, 1.807) is 43.2 Å². The van der Waals surface area contributed by atoms with E-state index in [2.05, 4.69) is 0 Å². The van der Waals surface area contributed by atoms with Gasteiger partial charge in [0.2, 0.25) is 0 Å². The molecule has 0 aromatic heterocycles. The summed E-state index contributed by atoms with van der Waals surface area (Å²) in [5.41, 5.74) is 23.1. The number of hydrogen-bond donors (Lipinski definition) is 6. The average molecular weight is 459 g/mol. The lowest BCUT2D eigenvalue weighted by Crippen LogP contribution is -2.46. The molecular formula is C10H26N4O4S6. The van der Waals surface area contributed by atoms with Gasteiger partial charge in [-0.2, -0.15) is 0 Å². The average Bonchev–Trinajstić information content (AvgIpc) is 2.47. The van der Waals surface area contributed by atoms with E-state index >= 15 is 0 Å². The molecule has 0 aromatic rings. The van der Waals surface area contributed by atoms with Gasteiger partial charge in [-0.05, 0) is 0 Å². The molecule has 8 nitrogen and oxygen atoms in total. The molecular weight excluding hydrogens is 433 g/mol. The van der Waals surface area contributed by atoms with Gasteiger partial charge in [0, 0.05) is 47.2 Å². The van der Waals surface area contributed by atoms with E-state index in [1.807, 2.05) is 0 Å². The molecule has 0 bridgehead atoms. The summed E-state index contributed by atoms with van der Waals surface area (Å²) in [6.07, 6.45) is 0. The Balaban J connectivity index is 3.54. The second-order valence-corrected chi connectivity index (χ2v) is 12.1. The van der Waals surface area contributed by atoms with Gasteiger partial charge in [0.05, 0.1) is 11.5 Å². The van der Waals surface area contributed by atoms with Gasteiger partial charge >= 0.3 is 0 Å². The molecule has 24 heavy (non-hydrogen) atoms. The van der Waals surface area contributed by atoms with Crippen molar-refractivity contribution >= 4 is 65.3 Å². The van der Waals surface area contributed by atoms with E-state index in [-0.39, 0.29) is 23.6 Å². The minimum absolute atomic E-state index is 0.00878. The van der Waals surface area contributed by atoms with Gasteiger partial charge in [0.1, 0.15) is 0 Å². The van der Waals surface area contributed by atoms with Crippen LogP contribution in [0.15, 0.2) is 0 Å². The third-order valence-electron chi connectivity index (χ3n) is 2.71. The van der Waals surface area contributed by atoms with Gasteiger partial charge in [-0.1, -0.05) is 43.2 Å². The normalized spacial score (nSPS) is 19.4. The highest BCUT2D eigenvalue weighted by Crippen LogP contribution is 2.27. The highest BCUT2D eigenvalue weighted by molar-refractivity contribution is 8.78. The molecule has 0 saturated carbocycles. The summed E-state index contributed by atoms with van der Waals surface area (Å²) in [6, 6.07) is -1.57. The maximum atomic E-state index is 10.6. The first-order valence-corrected chi connectivity index (χ1v) is 14.4. The summed E-state index contributed by atoms with van der Waals surface area (Å²) in [4.78, 5) is 0. The van der Waals surface area contributed by atoms with Crippen molar-refractivity contribution in [1.29, 1.82) is 0 Å². The summed E-state index contributed by atoms with van der Waals surface area (Å²) in [5.74, 6) is 3.06. The van der Waals surface area contributed by atoms with Gasteiger partial charge < -0.3 is 32.0 Å². The van der Waals surface area contributed by atoms with E-state index in [0.29, 0.717) is 11.5 Å². The Labute approximate surface area is 163 Å². The van der Waals surface area contributed by atoms with Gasteiger partial charge in [0.15, 0.2) is 22.2 Å². The smallest absolute Gasteiger partial charge is 0.154 e. The SMILES string of the molecule is N[C@H](CSSCCSSC[C@@H](N)[C@H](N)CS(=O)O)[C@H](N)CS(=O)O. The molecule has 6 atom stereocenters. The number of nitrogens with two attached hydrogens (primary N) is 4. The lowest BCUT2D eigenvalue weighted by atomic mass is 10.2. The van der Waals surface area contributed by atoms with Crippen molar-refractivity contribution in [3.05, 3.63) is 0 Å². The molecule has 0 radical (unpaired) electrons. The molecule has 146 valence electrons. The Bertz CT molecular complexity index is 349. The molecule has 0 saturated heterocycles. The van der Waals surface area contributed by atoms with Gasteiger partial charge in [-0.15, -0.1) is 0 Å². The molecule has 0 amide bonds. The zero-order valence-corrected chi connectivity index (χ0v) is 17.9. The summed E-state index contributed by atoms with van der Waals surface area (Å²) in [7, 11) is 6.53. The van der Waals surface area contributed by atoms with E-state index in [9.17, 15) is 8.42 Å². The van der Waals surface area contributed by atoms with Crippen LogP contribution >= 0.6 is 43.2 Å². The maximum Gasteiger partial charge on any atom is 0.154 e. The highest BCUT2D eigenvalue weighted by Gasteiger charge is 2.16. The molecule has 0 aliphatic rings. The molecule has 0 rings (SSSR count). The zero-order chi connectivity index (χ0) is 18.5. The molecule has 0 fully saturated rings. The molecule has 2 unspecified atom stereocenters. The molecule has 10 N–H and O–H groups in total. The standard InChI is InChI=1S/C10H26N4O4S6/c11-7(9(13)5-23(15)16)3-21-19-1-2-20-22-4-8(12)10(14)6-24(17)18/h7-10H,1-6,11-14H2,(H,15,16)(H,17,18)/t7-,8-,9-,10-/m1/s1. The zero-order valence-electron chi connectivity index (χ0n) is 13.0. The Hall–Kier alpha value is 1.46. The lowest BCUT2D eigenvalue weighted by molar-refractivity contribution is 0.540. The molecule has 0 spiro atoms. The largest absolute Gasteiger partial charge is 0.326 e. The molecule has 0 aliphatic carbocycles. The molecule has 0 aromatic carbocycles. The number of hydrogen-bond acceptors (Lipinski definition) is 10. The predicted octanol–water partition coefficient (Wildman–Crippen LogP) is -0.498. The van der Waals surface area contributed by atoms with Crippen LogP contribution in [0.5, 0.6) is 0 Å². The summed E-state index contributed by atoms with van der Waals surface area (Å²) < 4.78 is 38.8. The van der Waals surface area contributed by atoms with Crippen molar-refractivity contribution in [3.8, 4) is 0 Å². The second kappa shape index (κ2) is 15.5. The van der Waals surface area contributed by atoms with Crippen molar-refractivity contribution in [1.82, 2.24) is 0 Å². The first-order valence-electron chi connectivity index (χ1n) is 6.90. The fraction of sp³-hybridized carbons (Fsp3) is 1.00. The van der Waals surface area contributed by atoms with Crippen LogP contribution in [0, 0.1) is 0 Å². The fourth-order valence-corrected chi connectivity index (χ4v) is 7.65. The summed E-state index contributed by atoms with van der Waals surface area (Å²) in [6.45, 7) is 0. The van der Waals surface area contributed by atoms with Crippen molar-refractivity contribution in [3.63, 3.8) is 0 Å². The van der Waals surface area contributed by atoms with Crippen LogP contribution in [0.2, 0.25) is 0 Å². The van der Waals surface area contributed by atoms with E-state index in [1.165, 1.54) is 0 Å².